The molecule has 0 saturated heterocycles. The fourth-order valence-corrected chi connectivity index (χ4v) is 1.44. The van der Waals surface area contributed by atoms with Gasteiger partial charge in [0, 0.05) is 6.42 Å². The van der Waals surface area contributed by atoms with Crippen LogP contribution in [0.1, 0.15) is 38.5 Å². The lowest BCUT2D eigenvalue weighted by atomic mass is 10.1. The normalized spacial score (nSPS) is 11.8. The van der Waals surface area contributed by atoms with Crippen molar-refractivity contribution >= 4 is 11.9 Å². The van der Waals surface area contributed by atoms with Crippen LogP contribution in [0.4, 0.5) is 0 Å². The molecule has 0 aromatic rings. The fraction of sp³-hybridized carbons (Fsp3) is 0.667. The molecule has 1 unspecified atom stereocenters. The Morgan fingerprint density at radius 3 is 2.47 bits per heavy atom. The van der Waals surface area contributed by atoms with Gasteiger partial charge >= 0.3 is 5.97 Å². The number of rotatable bonds is 10. The summed E-state index contributed by atoms with van der Waals surface area (Å²) in [6.07, 6.45) is 5.80. The molecule has 0 fully saturated rings. The molecular formula is C12H22N2O3. The van der Waals surface area contributed by atoms with E-state index in [-0.39, 0.29) is 12.3 Å². The number of carboxylic acid groups (broad SMARTS) is 1. The smallest absolute Gasteiger partial charge is 0.326 e. The summed E-state index contributed by atoms with van der Waals surface area (Å²) in [5.74, 6) is -1.24. The van der Waals surface area contributed by atoms with E-state index in [0.29, 0.717) is 13.0 Å². The first-order valence-electron chi connectivity index (χ1n) is 5.95. The van der Waals surface area contributed by atoms with Crippen molar-refractivity contribution in [2.24, 2.45) is 5.73 Å². The van der Waals surface area contributed by atoms with Crippen LogP contribution < -0.4 is 11.1 Å². The molecule has 4 N–H and O–H groups in total. The molecule has 1 amide bonds. The van der Waals surface area contributed by atoms with Gasteiger partial charge in [-0.1, -0.05) is 18.9 Å². The Hall–Kier alpha value is -1.36. The van der Waals surface area contributed by atoms with Crippen LogP contribution in [0.3, 0.4) is 0 Å². The quantitative estimate of drug-likeness (QED) is 0.394. The third-order valence-electron chi connectivity index (χ3n) is 2.39. The van der Waals surface area contributed by atoms with Gasteiger partial charge in [-0.2, -0.15) is 0 Å². The van der Waals surface area contributed by atoms with Crippen molar-refractivity contribution in [3.63, 3.8) is 0 Å². The van der Waals surface area contributed by atoms with E-state index in [2.05, 4.69) is 11.9 Å². The third kappa shape index (κ3) is 8.45. The molecule has 0 heterocycles. The molecule has 5 nitrogen and oxygen atoms in total. The summed E-state index contributed by atoms with van der Waals surface area (Å²) >= 11 is 0. The molecule has 0 aromatic heterocycles. The summed E-state index contributed by atoms with van der Waals surface area (Å²) < 4.78 is 0. The number of carbonyl (C=O) groups is 2. The van der Waals surface area contributed by atoms with Crippen molar-refractivity contribution in [1.29, 1.82) is 0 Å². The van der Waals surface area contributed by atoms with Crippen LogP contribution >= 0.6 is 0 Å². The van der Waals surface area contributed by atoms with Gasteiger partial charge in [0.05, 0.1) is 0 Å². The summed E-state index contributed by atoms with van der Waals surface area (Å²) in [5.41, 5.74) is 5.35. The average Bonchev–Trinajstić information content (AvgIpc) is 2.28. The number of nitrogens with one attached hydrogen (secondary N) is 1. The fourth-order valence-electron chi connectivity index (χ4n) is 1.44. The average molecular weight is 242 g/mol. The highest BCUT2D eigenvalue weighted by Crippen LogP contribution is 2.03. The summed E-state index contributed by atoms with van der Waals surface area (Å²) in [7, 11) is 0. The molecule has 0 rings (SSSR count). The van der Waals surface area contributed by atoms with Crippen molar-refractivity contribution in [3.8, 4) is 0 Å². The van der Waals surface area contributed by atoms with Gasteiger partial charge < -0.3 is 16.2 Å². The molecule has 5 heteroatoms. The van der Waals surface area contributed by atoms with Crippen molar-refractivity contribution in [2.75, 3.05) is 6.54 Å². The van der Waals surface area contributed by atoms with Crippen LogP contribution in [0.2, 0.25) is 0 Å². The number of amides is 1. The van der Waals surface area contributed by atoms with Crippen LogP contribution in [0.25, 0.3) is 0 Å². The molecule has 0 aliphatic carbocycles. The SMILES string of the molecule is C=CCC(NC(=O)CCCCCCN)C(=O)O. The maximum Gasteiger partial charge on any atom is 0.326 e. The van der Waals surface area contributed by atoms with Gasteiger partial charge in [-0.15, -0.1) is 6.58 Å². The Balaban J connectivity index is 3.75. The predicted molar refractivity (Wildman–Crippen MR) is 66.5 cm³/mol. The van der Waals surface area contributed by atoms with E-state index in [1.807, 2.05) is 0 Å². The number of nitrogens with two attached hydrogens (primary N) is 1. The lowest BCUT2D eigenvalue weighted by Gasteiger charge is -2.12. The Kier molecular flexibility index (Phi) is 9.05. The minimum absolute atomic E-state index is 0.216. The minimum atomic E-state index is -1.03. The molecule has 0 aliphatic rings. The monoisotopic (exact) mass is 242 g/mol. The Morgan fingerprint density at radius 2 is 1.94 bits per heavy atom. The zero-order valence-electron chi connectivity index (χ0n) is 10.2. The number of carboxylic acids is 1. The highest BCUT2D eigenvalue weighted by atomic mass is 16.4. The van der Waals surface area contributed by atoms with Gasteiger partial charge in [0.1, 0.15) is 6.04 Å². The molecule has 98 valence electrons. The number of aliphatic carboxylic acids is 1. The van der Waals surface area contributed by atoms with Crippen LogP contribution in [-0.2, 0) is 9.59 Å². The Morgan fingerprint density at radius 1 is 1.29 bits per heavy atom. The summed E-state index contributed by atoms with van der Waals surface area (Å²) in [4.78, 5) is 22.2. The zero-order valence-corrected chi connectivity index (χ0v) is 10.2. The number of hydrogen-bond acceptors (Lipinski definition) is 3. The van der Waals surface area contributed by atoms with E-state index >= 15 is 0 Å². The summed E-state index contributed by atoms with van der Waals surface area (Å²) in [5, 5.41) is 11.3. The molecule has 0 spiro atoms. The Bertz CT molecular complexity index is 254. The van der Waals surface area contributed by atoms with E-state index in [9.17, 15) is 9.59 Å². The van der Waals surface area contributed by atoms with Crippen LogP contribution in [0.15, 0.2) is 12.7 Å². The van der Waals surface area contributed by atoms with Gasteiger partial charge in [0.2, 0.25) is 5.91 Å². The predicted octanol–water partition coefficient (Wildman–Crippen LogP) is 1.04. The van der Waals surface area contributed by atoms with Crippen molar-refractivity contribution in [1.82, 2.24) is 5.32 Å². The van der Waals surface area contributed by atoms with Crippen molar-refractivity contribution < 1.29 is 14.7 Å². The highest BCUT2D eigenvalue weighted by Gasteiger charge is 2.17. The van der Waals surface area contributed by atoms with Crippen LogP contribution in [-0.4, -0.2) is 29.6 Å². The number of carbonyl (C=O) groups excluding carboxylic acids is 1. The molecule has 0 aromatic carbocycles. The topological polar surface area (TPSA) is 92.4 Å². The first-order valence-corrected chi connectivity index (χ1v) is 5.95. The highest BCUT2D eigenvalue weighted by molar-refractivity contribution is 5.83. The maximum absolute atomic E-state index is 11.4. The molecule has 0 radical (unpaired) electrons. The number of unbranched alkanes of at least 4 members (excludes halogenated alkanes) is 3. The van der Waals surface area contributed by atoms with E-state index in [0.717, 1.165) is 25.7 Å². The first-order chi connectivity index (χ1) is 8.11. The van der Waals surface area contributed by atoms with Crippen LogP contribution in [0.5, 0.6) is 0 Å². The van der Waals surface area contributed by atoms with Gasteiger partial charge in [-0.25, -0.2) is 4.79 Å². The van der Waals surface area contributed by atoms with E-state index < -0.39 is 12.0 Å². The summed E-state index contributed by atoms with van der Waals surface area (Å²) in [6, 6.07) is -0.857. The largest absolute Gasteiger partial charge is 0.480 e. The maximum atomic E-state index is 11.4. The van der Waals surface area contributed by atoms with Gasteiger partial charge in [0.15, 0.2) is 0 Å². The van der Waals surface area contributed by atoms with Gasteiger partial charge in [-0.05, 0) is 25.8 Å². The molecule has 17 heavy (non-hydrogen) atoms. The molecular weight excluding hydrogens is 220 g/mol. The van der Waals surface area contributed by atoms with E-state index in [4.69, 9.17) is 10.8 Å². The molecule has 0 saturated carbocycles. The second kappa shape index (κ2) is 9.84. The summed E-state index contributed by atoms with van der Waals surface area (Å²) in [6.45, 7) is 4.13. The second-order valence-electron chi connectivity index (χ2n) is 3.94. The van der Waals surface area contributed by atoms with Gasteiger partial charge in [-0.3, -0.25) is 4.79 Å². The Labute approximate surface area is 102 Å². The lowest BCUT2D eigenvalue weighted by molar-refractivity contribution is -0.141. The molecule has 0 aliphatic heterocycles. The van der Waals surface area contributed by atoms with E-state index in [1.54, 1.807) is 0 Å². The van der Waals surface area contributed by atoms with Crippen molar-refractivity contribution in [3.05, 3.63) is 12.7 Å². The van der Waals surface area contributed by atoms with Crippen LogP contribution in [0, 0.1) is 0 Å². The third-order valence-corrected chi connectivity index (χ3v) is 2.39. The second-order valence-corrected chi connectivity index (χ2v) is 3.94. The standard InChI is InChI=1S/C12H22N2O3/c1-2-7-10(12(16)17)14-11(15)8-5-3-4-6-9-13/h2,10H,1,3-9,13H2,(H,14,15)(H,16,17). The van der Waals surface area contributed by atoms with Gasteiger partial charge in [0.25, 0.3) is 0 Å². The number of hydrogen-bond donors (Lipinski definition) is 3. The molecule has 0 bridgehead atoms. The molecule has 1 atom stereocenters. The first kappa shape index (κ1) is 15.6. The lowest BCUT2D eigenvalue weighted by Crippen LogP contribution is -2.40. The van der Waals surface area contributed by atoms with Crippen molar-refractivity contribution in [2.45, 2.75) is 44.6 Å². The van der Waals surface area contributed by atoms with E-state index in [1.165, 1.54) is 6.08 Å². The minimum Gasteiger partial charge on any atom is -0.480 e. The zero-order chi connectivity index (χ0) is 13.1.